The van der Waals surface area contributed by atoms with E-state index in [4.69, 9.17) is 10.5 Å². The fraction of sp³-hybridized carbons (Fsp3) is 0.250. The van der Waals surface area contributed by atoms with Crippen molar-refractivity contribution in [3.63, 3.8) is 0 Å². The Morgan fingerprint density at radius 1 is 1.15 bits per heavy atom. The average Bonchev–Trinajstić information content (AvgIpc) is 2.48. The molecule has 0 saturated heterocycles. The summed E-state index contributed by atoms with van der Waals surface area (Å²) in [5, 5.41) is 0. The minimum Gasteiger partial charge on any atom is -0.494 e. The summed E-state index contributed by atoms with van der Waals surface area (Å²) in [4.78, 5) is 0. The van der Waals surface area contributed by atoms with E-state index in [0.717, 1.165) is 23.3 Å². The van der Waals surface area contributed by atoms with Crippen LogP contribution < -0.4 is 10.5 Å². The molecule has 0 saturated carbocycles. The third-order valence-electron chi connectivity index (χ3n) is 3.01. The van der Waals surface area contributed by atoms with Crippen molar-refractivity contribution in [2.75, 3.05) is 6.61 Å². The lowest BCUT2D eigenvalue weighted by Crippen LogP contribution is -2.12. The number of nitrogens with two attached hydrogens (primary N) is 1. The SMILES string of the molecule is CCCOc1ccc(C(N)c2ccc(Br)c(F)c2)cc1. The van der Waals surface area contributed by atoms with Crippen LogP contribution in [0.5, 0.6) is 5.75 Å². The molecule has 0 aromatic heterocycles. The topological polar surface area (TPSA) is 35.2 Å². The zero-order chi connectivity index (χ0) is 14.5. The van der Waals surface area contributed by atoms with E-state index in [1.807, 2.05) is 30.3 Å². The lowest BCUT2D eigenvalue weighted by Gasteiger charge is -2.14. The van der Waals surface area contributed by atoms with E-state index in [-0.39, 0.29) is 11.9 Å². The van der Waals surface area contributed by atoms with E-state index in [1.54, 1.807) is 6.07 Å². The Labute approximate surface area is 126 Å². The van der Waals surface area contributed by atoms with Crippen molar-refractivity contribution in [3.05, 3.63) is 63.9 Å². The smallest absolute Gasteiger partial charge is 0.137 e. The Morgan fingerprint density at radius 3 is 2.40 bits per heavy atom. The molecular weight excluding hydrogens is 321 g/mol. The second-order valence-corrected chi connectivity index (χ2v) is 5.42. The summed E-state index contributed by atoms with van der Waals surface area (Å²) >= 11 is 3.14. The lowest BCUT2D eigenvalue weighted by atomic mass is 9.99. The highest BCUT2D eigenvalue weighted by Crippen LogP contribution is 2.25. The van der Waals surface area contributed by atoms with E-state index >= 15 is 0 Å². The minimum absolute atomic E-state index is 0.305. The van der Waals surface area contributed by atoms with Gasteiger partial charge in [-0.05, 0) is 57.7 Å². The van der Waals surface area contributed by atoms with Crippen LogP contribution in [0.25, 0.3) is 0 Å². The molecule has 0 aliphatic heterocycles. The fourth-order valence-electron chi connectivity index (χ4n) is 1.89. The van der Waals surface area contributed by atoms with Gasteiger partial charge in [-0.25, -0.2) is 4.39 Å². The number of benzene rings is 2. The predicted molar refractivity (Wildman–Crippen MR) is 82.4 cm³/mol. The standard InChI is InChI=1S/C16H17BrFNO/c1-2-9-20-13-6-3-11(4-7-13)16(19)12-5-8-14(17)15(18)10-12/h3-8,10,16H,2,9,19H2,1H3. The molecule has 0 bridgehead atoms. The van der Waals surface area contributed by atoms with Crippen LogP contribution in [-0.2, 0) is 0 Å². The molecule has 2 N–H and O–H groups in total. The molecule has 0 aliphatic rings. The van der Waals surface area contributed by atoms with Crippen molar-refractivity contribution in [1.82, 2.24) is 0 Å². The van der Waals surface area contributed by atoms with E-state index < -0.39 is 0 Å². The summed E-state index contributed by atoms with van der Waals surface area (Å²) in [6.45, 7) is 2.76. The molecule has 2 nitrogen and oxygen atoms in total. The first-order valence-corrected chi connectivity index (χ1v) is 7.34. The highest BCUT2D eigenvalue weighted by molar-refractivity contribution is 9.10. The van der Waals surface area contributed by atoms with Crippen LogP contribution >= 0.6 is 15.9 Å². The quantitative estimate of drug-likeness (QED) is 0.876. The van der Waals surface area contributed by atoms with Gasteiger partial charge < -0.3 is 10.5 Å². The third-order valence-corrected chi connectivity index (χ3v) is 3.66. The molecule has 0 fully saturated rings. The van der Waals surface area contributed by atoms with Gasteiger partial charge in [0, 0.05) is 0 Å². The maximum absolute atomic E-state index is 13.5. The van der Waals surface area contributed by atoms with Gasteiger partial charge in [0.25, 0.3) is 0 Å². The van der Waals surface area contributed by atoms with E-state index in [2.05, 4.69) is 22.9 Å². The maximum atomic E-state index is 13.5. The summed E-state index contributed by atoms with van der Waals surface area (Å²) in [6, 6.07) is 12.2. The first-order chi connectivity index (χ1) is 9.61. The average molecular weight is 338 g/mol. The Bertz CT molecular complexity index is 571. The van der Waals surface area contributed by atoms with Crippen LogP contribution in [0.15, 0.2) is 46.9 Å². The van der Waals surface area contributed by atoms with Crippen molar-refractivity contribution < 1.29 is 9.13 Å². The van der Waals surface area contributed by atoms with Crippen LogP contribution in [0.4, 0.5) is 4.39 Å². The molecule has 0 amide bonds. The molecule has 1 atom stereocenters. The molecule has 1 unspecified atom stereocenters. The number of hydrogen-bond donors (Lipinski definition) is 1. The highest BCUT2D eigenvalue weighted by Gasteiger charge is 2.11. The van der Waals surface area contributed by atoms with Crippen LogP contribution in [-0.4, -0.2) is 6.61 Å². The lowest BCUT2D eigenvalue weighted by molar-refractivity contribution is 0.317. The van der Waals surface area contributed by atoms with Gasteiger partial charge in [0.15, 0.2) is 0 Å². The van der Waals surface area contributed by atoms with Gasteiger partial charge in [0.2, 0.25) is 0 Å². The zero-order valence-electron chi connectivity index (χ0n) is 11.3. The van der Waals surface area contributed by atoms with Gasteiger partial charge in [-0.3, -0.25) is 0 Å². The number of halogens is 2. The second-order valence-electron chi connectivity index (χ2n) is 4.57. The van der Waals surface area contributed by atoms with Gasteiger partial charge in [-0.1, -0.05) is 25.1 Å². The van der Waals surface area contributed by atoms with Crippen molar-refractivity contribution in [1.29, 1.82) is 0 Å². The number of rotatable bonds is 5. The van der Waals surface area contributed by atoms with Crippen LogP contribution in [0, 0.1) is 5.82 Å². The maximum Gasteiger partial charge on any atom is 0.137 e. The predicted octanol–water partition coefficient (Wildman–Crippen LogP) is 4.43. The van der Waals surface area contributed by atoms with Crippen molar-refractivity contribution in [3.8, 4) is 5.75 Å². The second kappa shape index (κ2) is 6.86. The Morgan fingerprint density at radius 2 is 1.80 bits per heavy atom. The number of ether oxygens (including phenoxy) is 1. The van der Waals surface area contributed by atoms with E-state index in [9.17, 15) is 4.39 Å². The largest absolute Gasteiger partial charge is 0.494 e. The van der Waals surface area contributed by atoms with Crippen LogP contribution in [0.3, 0.4) is 0 Å². The molecule has 4 heteroatoms. The molecule has 0 aliphatic carbocycles. The van der Waals surface area contributed by atoms with Crippen molar-refractivity contribution >= 4 is 15.9 Å². The minimum atomic E-state index is -0.349. The Kier molecular flexibility index (Phi) is 5.15. The Balaban J connectivity index is 2.15. The molecular formula is C16H17BrFNO. The zero-order valence-corrected chi connectivity index (χ0v) is 12.9. The van der Waals surface area contributed by atoms with Crippen molar-refractivity contribution in [2.45, 2.75) is 19.4 Å². The summed E-state index contributed by atoms with van der Waals surface area (Å²) in [7, 11) is 0. The highest BCUT2D eigenvalue weighted by atomic mass is 79.9. The monoisotopic (exact) mass is 337 g/mol. The van der Waals surface area contributed by atoms with Gasteiger partial charge in [0.05, 0.1) is 17.1 Å². The van der Waals surface area contributed by atoms with Gasteiger partial charge >= 0.3 is 0 Å². The molecule has 2 aromatic carbocycles. The summed E-state index contributed by atoms with van der Waals surface area (Å²) in [5.41, 5.74) is 7.83. The molecule has 2 rings (SSSR count). The van der Waals surface area contributed by atoms with E-state index in [1.165, 1.54) is 6.07 Å². The summed E-state index contributed by atoms with van der Waals surface area (Å²) < 4.78 is 19.5. The molecule has 20 heavy (non-hydrogen) atoms. The Hall–Kier alpha value is -1.39. The van der Waals surface area contributed by atoms with Gasteiger partial charge in [-0.2, -0.15) is 0 Å². The van der Waals surface area contributed by atoms with Crippen LogP contribution in [0.1, 0.15) is 30.5 Å². The first-order valence-electron chi connectivity index (χ1n) is 6.55. The summed E-state index contributed by atoms with van der Waals surface area (Å²) in [5.74, 6) is 0.519. The van der Waals surface area contributed by atoms with Gasteiger partial charge in [-0.15, -0.1) is 0 Å². The molecule has 106 valence electrons. The molecule has 2 aromatic rings. The van der Waals surface area contributed by atoms with Crippen LogP contribution in [0.2, 0.25) is 0 Å². The molecule has 0 heterocycles. The normalized spacial score (nSPS) is 12.2. The first kappa shape index (κ1) is 15.0. The fourth-order valence-corrected chi connectivity index (χ4v) is 2.14. The number of hydrogen-bond acceptors (Lipinski definition) is 2. The molecule has 0 radical (unpaired) electrons. The third kappa shape index (κ3) is 3.58. The van der Waals surface area contributed by atoms with Crippen molar-refractivity contribution in [2.24, 2.45) is 5.73 Å². The molecule has 0 spiro atoms. The van der Waals surface area contributed by atoms with Gasteiger partial charge in [0.1, 0.15) is 11.6 Å². The van der Waals surface area contributed by atoms with E-state index in [0.29, 0.717) is 11.1 Å². The summed E-state index contributed by atoms with van der Waals surface area (Å²) in [6.07, 6.45) is 0.972.